The van der Waals surface area contributed by atoms with Crippen LogP contribution in [0.25, 0.3) is 0 Å². The van der Waals surface area contributed by atoms with Crippen LogP contribution in [0, 0.1) is 11.3 Å². The number of hydrogen-bond acceptors (Lipinski definition) is 1. The maximum atomic E-state index is 12.1. The summed E-state index contributed by atoms with van der Waals surface area (Å²) in [5.74, 6) is 1.12. The van der Waals surface area contributed by atoms with Gasteiger partial charge in [-0.1, -0.05) is 26.2 Å². The lowest BCUT2D eigenvalue weighted by atomic mass is 9.71. The van der Waals surface area contributed by atoms with Gasteiger partial charge in [-0.05, 0) is 31.6 Å². The number of rotatable bonds is 7. The number of ether oxygens (including phenoxy) is 1. The van der Waals surface area contributed by atoms with Crippen molar-refractivity contribution in [2.75, 3.05) is 19.1 Å². The van der Waals surface area contributed by atoms with Crippen molar-refractivity contribution in [3.05, 3.63) is 0 Å². The van der Waals surface area contributed by atoms with Gasteiger partial charge in [0, 0.05) is 11.3 Å². The van der Waals surface area contributed by atoms with E-state index in [9.17, 15) is 13.2 Å². The lowest BCUT2D eigenvalue weighted by Gasteiger charge is -2.38. The molecule has 0 N–H and O–H groups in total. The zero-order valence-corrected chi connectivity index (χ0v) is 12.3. The lowest BCUT2D eigenvalue weighted by Crippen LogP contribution is -2.35. The van der Waals surface area contributed by atoms with Gasteiger partial charge in [-0.25, -0.2) is 0 Å². The molecule has 0 spiro atoms. The Morgan fingerprint density at radius 1 is 1.26 bits per heavy atom. The van der Waals surface area contributed by atoms with Crippen molar-refractivity contribution in [1.82, 2.24) is 0 Å². The molecule has 0 atom stereocenters. The highest BCUT2D eigenvalue weighted by Crippen LogP contribution is 2.42. The summed E-state index contributed by atoms with van der Waals surface area (Å²) in [6.45, 7) is 1.15. The summed E-state index contributed by atoms with van der Waals surface area (Å²) < 4.78 is 41.1. The van der Waals surface area contributed by atoms with Crippen LogP contribution in [0.5, 0.6) is 0 Å². The SMILES string of the molecule is CCCCC1CCC(CCl)(COCC(F)(F)F)CC1. The second-order valence-corrected chi connectivity index (χ2v) is 6.09. The normalized spacial score (nSPS) is 28.6. The van der Waals surface area contributed by atoms with Crippen molar-refractivity contribution >= 4 is 11.6 Å². The fraction of sp³-hybridized carbons (Fsp3) is 1.00. The van der Waals surface area contributed by atoms with Crippen molar-refractivity contribution in [3.63, 3.8) is 0 Å². The Balaban J connectivity index is 2.33. The van der Waals surface area contributed by atoms with Gasteiger partial charge in [0.2, 0.25) is 0 Å². The summed E-state index contributed by atoms with van der Waals surface area (Å²) in [6.07, 6.45) is 3.36. The molecule has 0 aromatic rings. The number of halogens is 4. The minimum absolute atomic E-state index is 0.135. The van der Waals surface area contributed by atoms with E-state index >= 15 is 0 Å². The number of hydrogen-bond donors (Lipinski definition) is 0. The monoisotopic (exact) mass is 300 g/mol. The van der Waals surface area contributed by atoms with Crippen LogP contribution in [0.3, 0.4) is 0 Å². The Hall–Kier alpha value is 0.0400. The smallest absolute Gasteiger partial charge is 0.371 e. The summed E-state index contributed by atoms with van der Waals surface area (Å²) in [7, 11) is 0. The fourth-order valence-electron chi connectivity index (χ4n) is 2.77. The zero-order valence-electron chi connectivity index (χ0n) is 11.6. The molecular formula is C14H24ClF3O. The van der Waals surface area contributed by atoms with Crippen LogP contribution >= 0.6 is 11.6 Å². The minimum atomic E-state index is -4.24. The standard InChI is InChI=1S/C14H24ClF3O/c1-2-3-4-12-5-7-13(9-15,8-6-12)10-19-11-14(16,17)18/h12H,2-11H2,1H3. The molecule has 1 aliphatic rings. The van der Waals surface area contributed by atoms with Crippen molar-refractivity contribution in [3.8, 4) is 0 Å². The van der Waals surface area contributed by atoms with Gasteiger partial charge >= 0.3 is 6.18 Å². The van der Waals surface area contributed by atoms with Crippen molar-refractivity contribution < 1.29 is 17.9 Å². The largest absolute Gasteiger partial charge is 0.411 e. The van der Waals surface area contributed by atoms with Crippen LogP contribution in [-0.4, -0.2) is 25.3 Å². The summed E-state index contributed by atoms with van der Waals surface area (Å²) in [5.41, 5.74) is -0.241. The maximum Gasteiger partial charge on any atom is 0.411 e. The van der Waals surface area contributed by atoms with E-state index in [2.05, 4.69) is 6.92 Å². The van der Waals surface area contributed by atoms with E-state index < -0.39 is 12.8 Å². The molecule has 5 heteroatoms. The van der Waals surface area contributed by atoms with Gasteiger partial charge < -0.3 is 4.74 Å². The molecule has 0 saturated heterocycles. The van der Waals surface area contributed by atoms with Crippen molar-refractivity contribution in [2.45, 2.75) is 58.0 Å². The average molecular weight is 301 g/mol. The summed E-state index contributed by atoms with van der Waals surface area (Å²) >= 11 is 5.98. The highest BCUT2D eigenvalue weighted by molar-refractivity contribution is 6.18. The van der Waals surface area contributed by atoms with E-state index in [1.165, 1.54) is 19.3 Å². The van der Waals surface area contributed by atoms with Gasteiger partial charge in [-0.2, -0.15) is 13.2 Å². The van der Waals surface area contributed by atoms with Crippen LogP contribution < -0.4 is 0 Å². The second kappa shape index (κ2) is 7.72. The molecule has 0 amide bonds. The first-order valence-electron chi connectivity index (χ1n) is 7.11. The van der Waals surface area contributed by atoms with E-state index in [0.717, 1.165) is 31.6 Å². The van der Waals surface area contributed by atoms with Gasteiger partial charge in [-0.3, -0.25) is 0 Å². The molecule has 1 fully saturated rings. The molecular weight excluding hydrogens is 277 g/mol. The third kappa shape index (κ3) is 6.35. The van der Waals surface area contributed by atoms with Crippen LogP contribution in [0.4, 0.5) is 13.2 Å². The minimum Gasteiger partial charge on any atom is -0.371 e. The Morgan fingerprint density at radius 3 is 2.37 bits per heavy atom. The summed E-state index contributed by atoms with van der Waals surface area (Å²) in [5, 5.41) is 0. The van der Waals surface area contributed by atoms with Crippen LogP contribution in [0.2, 0.25) is 0 Å². The van der Waals surface area contributed by atoms with Gasteiger partial charge in [0.15, 0.2) is 0 Å². The summed E-state index contributed by atoms with van der Waals surface area (Å²) in [4.78, 5) is 0. The molecule has 0 aliphatic heterocycles. The molecule has 1 nitrogen and oxygen atoms in total. The predicted molar refractivity (Wildman–Crippen MR) is 71.5 cm³/mol. The molecule has 114 valence electrons. The van der Waals surface area contributed by atoms with Gasteiger partial charge in [0.05, 0.1) is 6.61 Å². The molecule has 1 aliphatic carbocycles. The Kier molecular flexibility index (Phi) is 6.95. The first kappa shape index (κ1) is 17.1. The van der Waals surface area contributed by atoms with Gasteiger partial charge in [-0.15, -0.1) is 11.6 Å². The van der Waals surface area contributed by atoms with Gasteiger partial charge in [0.1, 0.15) is 6.61 Å². The van der Waals surface area contributed by atoms with E-state index in [-0.39, 0.29) is 12.0 Å². The first-order valence-corrected chi connectivity index (χ1v) is 7.65. The van der Waals surface area contributed by atoms with E-state index in [1.54, 1.807) is 0 Å². The molecule has 0 bridgehead atoms. The van der Waals surface area contributed by atoms with Crippen LogP contribution in [0.15, 0.2) is 0 Å². The van der Waals surface area contributed by atoms with Crippen molar-refractivity contribution in [2.24, 2.45) is 11.3 Å². The molecule has 0 radical (unpaired) electrons. The molecule has 1 saturated carbocycles. The van der Waals surface area contributed by atoms with Crippen LogP contribution in [0.1, 0.15) is 51.9 Å². The van der Waals surface area contributed by atoms with E-state index in [0.29, 0.717) is 5.88 Å². The molecule has 0 unspecified atom stereocenters. The number of alkyl halides is 4. The first-order chi connectivity index (χ1) is 8.91. The zero-order chi connectivity index (χ0) is 14.4. The molecule has 0 aromatic carbocycles. The van der Waals surface area contributed by atoms with Gasteiger partial charge in [0.25, 0.3) is 0 Å². The number of unbranched alkanes of at least 4 members (excludes halogenated alkanes) is 1. The molecule has 19 heavy (non-hydrogen) atoms. The van der Waals surface area contributed by atoms with E-state index in [4.69, 9.17) is 16.3 Å². The van der Waals surface area contributed by atoms with Crippen LogP contribution in [-0.2, 0) is 4.74 Å². The Labute approximate surface area is 118 Å². The Bertz CT molecular complexity index is 248. The third-order valence-electron chi connectivity index (χ3n) is 4.09. The third-order valence-corrected chi connectivity index (χ3v) is 4.66. The predicted octanol–water partition coefficient (Wildman–Crippen LogP) is 5.17. The fourth-order valence-corrected chi connectivity index (χ4v) is 3.12. The quantitative estimate of drug-likeness (QED) is 0.589. The topological polar surface area (TPSA) is 9.23 Å². The second-order valence-electron chi connectivity index (χ2n) is 5.83. The molecule has 0 aromatic heterocycles. The molecule has 0 heterocycles. The maximum absolute atomic E-state index is 12.1. The highest BCUT2D eigenvalue weighted by atomic mass is 35.5. The Morgan fingerprint density at radius 2 is 1.89 bits per heavy atom. The highest BCUT2D eigenvalue weighted by Gasteiger charge is 2.36. The lowest BCUT2D eigenvalue weighted by molar-refractivity contribution is -0.181. The summed E-state index contributed by atoms with van der Waals surface area (Å²) in [6, 6.07) is 0. The average Bonchev–Trinajstić information content (AvgIpc) is 2.36. The van der Waals surface area contributed by atoms with Crippen molar-refractivity contribution in [1.29, 1.82) is 0 Å². The molecule has 1 rings (SSSR count). The van der Waals surface area contributed by atoms with E-state index in [1.807, 2.05) is 0 Å².